The summed E-state index contributed by atoms with van der Waals surface area (Å²) in [5.74, 6) is -1.27. The van der Waals surface area contributed by atoms with Gasteiger partial charge >= 0.3 is 6.09 Å². The number of piperazine rings is 2. The van der Waals surface area contributed by atoms with Crippen molar-refractivity contribution in [3.63, 3.8) is 0 Å². The molecule has 1 N–H and O–H groups in total. The Morgan fingerprint density at radius 2 is 1.54 bits per heavy atom. The van der Waals surface area contributed by atoms with Gasteiger partial charge in [0.05, 0.1) is 22.4 Å². The van der Waals surface area contributed by atoms with E-state index in [1.54, 1.807) is 17.0 Å². The Kier molecular flexibility index (Phi) is 7.90. The van der Waals surface area contributed by atoms with Crippen molar-refractivity contribution in [2.24, 2.45) is 0 Å². The molecule has 0 radical (unpaired) electrons. The number of anilines is 3. The van der Waals surface area contributed by atoms with Crippen LogP contribution < -0.4 is 20.5 Å². The van der Waals surface area contributed by atoms with Gasteiger partial charge in [-0.3, -0.25) is 9.59 Å². The van der Waals surface area contributed by atoms with E-state index in [2.05, 4.69) is 15.1 Å². The Morgan fingerprint density at radius 3 is 2.22 bits per heavy atom. The number of hydrogen-bond acceptors (Lipinski definition) is 8. The molecule has 0 bridgehead atoms. The predicted octanol–water partition coefficient (Wildman–Crippen LogP) is 3.99. The van der Waals surface area contributed by atoms with Crippen molar-refractivity contribution in [1.29, 1.82) is 0 Å². The summed E-state index contributed by atoms with van der Waals surface area (Å²) in [6, 6.07) is 11.0. The van der Waals surface area contributed by atoms with Gasteiger partial charge in [-0.15, -0.1) is 0 Å². The third kappa shape index (κ3) is 6.45. The van der Waals surface area contributed by atoms with E-state index in [0.29, 0.717) is 50.6 Å². The molecule has 2 aromatic carbocycles. The Hall–Kier alpha value is -4.12. The third-order valence-electron chi connectivity index (χ3n) is 7.27. The normalized spacial score (nSPS) is 16.7. The van der Waals surface area contributed by atoms with Crippen molar-refractivity contribution in [2.75, 3.05) is 74.5 Å². The van der Waals surface area contributed by atoms with Gasteiger partial charge in [-0.25, -0.2) is 9.18 Å². The van der Waals surface area contributed by atoms with Gasteiger partial charge in [-0.1, -0.05) is 12.1 Å². The van der Waals surface area contributed by atoms with E-state index in [1.807, 2.05) is 44.9 Å². The fourth-order valence-corrected chi connectivity index (χ4v) is 5.10. The molecule has 0 unspecified atom stereocenters. The third-order valence-corrected chi connectivity index (χ3v) is 7.27. The van der Waals surface area contributed by atoms with Crippen LogP contribution in [0.3, 0.4) is 0 Å². The molecule has 2 saturated heterocycles. The summed E-state index contributed by atoms with van der Waals surface area (Å²) in [5, 5.41) is 2.98. The second kappa shape index (κ2) is 11.4. The molecule has 2 aliphatic rings. The highest BCUT2D eigenvalue weighted by Gasteiger charge is 2.27. The number of para-hydroxylation sites is 2. The van der Waals surface area contributed by atoms with Crippen LogP contribution >= 0.6 is 0 Å². The van der Waals surface area contributed by atoms with Crippen LogP contribution in [0.4, 0.5) is 26.2 Å². The maximum atomic E-state index is 14.5. The molecule has 1 aromatic heterocycles. The Balaban J connectivity index is 1.36. The summed E-state index contributed by atoms with van der Waals surface area (Å²) in [5.41, 5.74) is 0.931. The maximum absolute atomic E-state index is 14.5. The highest BCUT2D eigenvalue weighted by molar-refractivity contribution is 6.05. The number of benzene rings is 2. The maximum Gasteiger partial charge on any atom is 0.410 e. The fourth-order valence-electron chi connectivity index (χ4n) is 5.10. The van der Waals surface area contributed by atoms with E-state index in [1.165, 1.54) is 6.07 Å². The van der Waals surface area contributed by atoms with Crippen LogP contribution in [0, 0.1) is 5.82 Å². The minimum atomic E-state index is -0.586. The summed E-state index contributed by atoms with van der Waals surface area (Å²) in [6.45, 7) is 10.4. The number of fused-ring (bicyclic) bond motifs is 1. The monoisotopic (exact) mass is 565 g/mol. The minimum Gasteiger partial charge on any atom is -0.448 e. The first-order valence-electron chi connectivity index (χ1n) is 13.8. The Bertz CT molecular complexity index is 1500. The van der Waals surface area contributed by atoms with E-state index in [9.17, 15) is 18.8 Å². The standard InChI is InChI=1S/C30H36FN5O5/c1-30(2,3)41-29(39)36-15-13-34(14-16-36)23-8-6-5-7-22(23)32-28(38)26-19-25(37)21-17-20(31)18-24(27(21)40-26)35-11-9-33(4)10-12-35/h5-8,17-19H,9-16H2,1-4H3,(H,32,38). The SMILES string of the molecule is CN1CCN(c2cc(F)cc3c(=O)cc(C(=O)Nc4ccccc4N4CCN(C(=O)OC(C)(C)C)CC4)oc23)CC1. The van der Waals surface area contributed by atoms with Crippen LogP contribution in [0.25, 0.3) is 11.0 Å². The highest BCUT2D eigenvalue weighted by Crippen LogP contribution is 2.30. The molecule has 10 nitrogen and oxygen atoms in total. The average molecular weight is 566 g/mol. The van der Waals surface area contributed by atoms with Gasteiger partial charge < -0.3 is 34.1 Å². The molecule has 2 aliphatic heterocycles. The summed E-state index contributed by atoms with van der Waals surface area (Å²) < 4.78 is 26.0. The summed E-state index contributed by atoms with van der Waals surface area (Å²) in [7, 11) is 2.02. The van der Waals surface area contributed by atoms with Crippen LogP contribution in [-0.4, -0.2) is 86.8 Å². The number of carbonyl (C=O) groups is 2. The second-order valence-electron chi connectivity index (χ2n) is 11.5. The van der Waals surface area contributed by atoms with Crippen molar-refractivity contribution in [3.05, 3.63) is 64.3 Å². The number of likely N-dealkylation sites (N-methyl/N-ethyl adjacent to an activating group) is 1. The van der Waals surface area contributed by atoms with Gasteiger partial charge in [0.1, 0.15) is 11.4 Å². The lowest BCUT2D eigenvalue weighted by Gasteiger charge is -2.37. The van der Waals surface area contributed by atoms with Crippen molar-refractivity contribution in [1.82, 2.24) is 9.80 Å². The van der Waals surface area contributed by atoms with Gasteiger partial charge in [-0.05, 0) is 46.0 Å². The molecule has 0 aliphatic carbocycles. The van der Waals surface area contributed by atoms with Gasteiger partial charge in [0, 0.05) is 64.5 Å². The van der Waals surface area contributed by atoms with Crippen molar-refractivity contribution >= 4 is 40.0 Å². The van der Waals surface area contributed by atoms with Gasteiger partial charge in [-0.2, -0.15) is 0 Å². The van der Waals surface area contributed by atoms with Crippen LogP contribution in [0.1, 0.15) is 31.3 Å². The molecule has 0 atom stereocenters. The first-order chi connectivity index (χ1) is 19.5. The number of rotatable bonds is 4. The molecule has 5 rings (SSSR count). The lowest BCUT2D eigenvalue weighted by Crippen LogP contribution is -2.50. The molecule has 218 valence electrons. The molecule has 3 aromatic rings. The second-order valence-corrected chi connectivity index (χ2v) is 11.5. The van der Waals surface area contributed by atoms with Gasteiger partial charge in [0.15, 0.2) is 16.8 Å². The fraction of sp³-hybridized carbons (Fsp3) is 0.433. The lowest BCUT2D eigenvalue weighted by atomic mass is 10.1. The number of nitrogens with zero attached hydrogens (tertiary/aromatic N) is 4. The number of halogens is 1. The summed E-state index contributed by atoms with van der Waals surface area (Å²) in [4.78, 5) is 46.8. The Morgan fingerprint density at radius 1 is 0.902 bits per heavy atom. The molecule has 0 saturated carbocycles. The summed E-state index contributed by atoms with van der Waals surface area (Å²) >= 11 is 0. The lowest BCUT2D eigenvalue weighted by molar-refractivity contribution is 0.0240. The van der Waals surface area contributed by atoms with E-state index in [0.717, 1.165) is 30.9 Å². The van der Waals surface area contributed by atoms with E-state index < -0.39 is 22.8 Å². The highest BCUT2D eigenvalue weighted by atomic mass is 19.1. The predicted molar refractivity (Wildman–Crippen MR) is 157 cm³/mol. The van der Waals surface area contributed by atoms with Gasteiger partial charge in [0.2, 0.25) is 0 Å². The van der Waals surface area contributed by atoms with E-state index in [-0.39, 0.29) is 22.8 Å². The minimum absolute atomic E-state index is 0.0961. The van der Waals surface area contributed by atoms with Crippen LogP contribution in [-0.2, 0) is 4.74 Å². The van der Waals surface area contributed by atoms with Crippen LogP contribution in [0.5, 0.6) is 0 Å². The van der Waals surface area contributed by atoms with E-state index >= 15 is 0 Å². The first kappa shape index (κ1) is 28.4. The average Bonchev–Trinajstić information content (AvgIpc) is 2.93. The summed E-state index contributed by atoms with van der Waals surface area (Å²) in [6.07, 6.45) is -0.346. The smallest absolute Gasteiger partial charge is 0.410 e. The van der Waals surface area contributed by atoms with Crippen molar-refractivity contribution in [2.45, 2.75) is 26.4 Å². The number of hydrogen-bond donors (Lipinski definition) is 1. The van der Waals surface area contributed by atoms with Crippen molar-refractivity contribution in [3.8, 4) is 0 Å². The first-order valence-corrected chi connectivity index (χ1v) is 13.8. The van der Waals surface area contributed by atoms with Gasteiger partial charge in [0.25, 0.3) is 5.91 Å². The zero-order valence-corrected chi connectivity index (χ0v) is 23.9. The van der Waals surface area contributed by atoms with Crippen LogP contribution in [0.2, 0.25) is 0 Å². The molecule has 2 fully saturated rings. The number of carbonyl (C=O) groups excluding carboxylic acids is 2. The quantitative estimate of drug-likeness (QED) is 0.507. The molecule has 0 spiro atoms. The molecular weight excluding hydrogens is 529 g/mol. The number of ether oxygens (including phenoxy) is 1. The molecule has 41 heavy (non-hydrogen) atoms. The molecular formula is C30H36FN5O5. The molecule has 11 heteroatoms. The topological polar surface area (TPSA) is 98.6 Å². The zero-order chi connectivity index (χ0) is 29.3. The molecule has 2 amide bonds. The largest absolute Gasteiger partial charge is 0.448 e. The van der Waals surface area contributed by atoms with Crippen LogP contribution in [0.15, 0.2) is 51.7 Å². The van der Waals surface area contributed by atoms with Crippen molar-refractivity contribution < 1.29 is 23.1 Å². The zero-order valence-electron chi connectivity index (χ0n) is 23.9. The van der Waals surface area contributed by atoms with E-state index in [4.69, 9.17) is 9.15 Å². The number of nitrogens with one attached hydrogen (secondary N) is 1. The molecule has 3 heterocycles. The number of amides is 2. The Labute approximate surface area is 238 Å².